The normalized spacial score (nSPS) is 23.6. The van der Waals surface area contributed by atoms with E-state index in [1.54, 1.807) is 7.11 Å². The molecule has 0 unspecified atom stereocenters. The summed E-state index contributed by atoms with van der Waals surface area (Å²) in [6, 6.07) is 9.06. The van der Waals surface area contributed by atoms with Gasteiger partial charge in [0.25, 0.3) is 0 Å². The van der Waals surface area contributed by atoms with Crippen LogP contribution < -0.4 is 0 Å². The standard InChI is InChI=1S/C16H22O2/c1-17-16(11-18-12-16)15-9-7-14(8-10-15)13-5-3-2-4-6-13/h7-10,13H,2-6,11-12H2,1H3. The fraction of sp³-hybridized carbons (Fsp3) is 0.625. The highest BCUT2D eigenvalue weighted by Crippen LogP contribution is 2.36. The van der Waals surface area contributed by atoms with Crippen molar-refractivity contribution in [3.63, 3.8) is 0 Å². The molecule has 18 heavy (non-hydrogen) atoms. The maximum atomic E-state index is 5.62. The monoisotopic (exact) mass is 246 g/mol. The molecule has 1 aliphatic carbocycles. The van der Waals surface area contributed by atoms with Gasteiger partial charge in [0.1, 0.15) is 5.60 Å². The molecule has 0 N–H and O–H groups in total. The van der Waals surface area contributed by atoms with Crippen LogP contribution >= 0.6 is 0 Å². The van der Waals surface area contributed by atoms with E-state index in [1.807, 2.05) is 0 Å². The van der Waals surface area contributed by atoms with Crippen LogP contribution in [0, 0.1) is 0 Å². The maximum absolute atomic E-state index is 5.62. The van der Waals surface area contributed by atoms with Crippen LogP contribution in [0.2, 0.25) is 0 Å². The Morgan fingerprint density at radius 3 is 2.22 bits per heavy atom. The van der Waals surface area contributed by atoms with Crippen LogP contribution in [0.25, 0.3) is 0 Å². The molecule has 1 saturated carbocycles. The summed E-state index contributed by atoms with van der Waals surface area (Å²) in [5, 5.41) is 0. The van der Waals surface area contributed by atoms with E-state index in [1.165, 1.54) is 43.2 Å². The van der Waals surface area contributed by atoms with E-state index in [9.17, 15) is 0 Å². The SMILES string of the molecule is COC1(c2ccc(C3CCCCC3)cc2)COC1. The molecular weight excluding hydrogens is 224 g/mol. The minimum absolute atomic E-state index is 0.176. The fourth-order valence-corrected chi connectivity index (χ4v) is 3.18. The lowest BCUT2D eigenvalue weighted by Gasteiger charge is -2.40. The first-order valence-corrected chi connectivity index (χ1v) is 7.07. The molecule has 0 spiro atoms. The van der Waals surface area contributed by atoms with Crippen molar-refractivity contribution in [1.29, 1.82) is 0 Å². The number of hydrogen-bond donors (Lipinski definition) is 0. The van der Waals surface area contributed by atoms with E-state index in [0.29, 0.717) is 13.2 Å². The molecule has 2 nitrogen and oxygen atoms in total. The fourth-order valence-electron chi connectivity index (χ4n) is 3.18. The molecule has 0 atom stereocenters. The minimum atomic E-state index is -0.176. The largest absolute Gasteiger partial charge is 0.375 e. The van der Waals surface area contributed by atoms with Gasteiger partial charge in [-0.2, -0.15) is 0 Å². The van der Waals surface area contributed by atoms with Crippen molar-refractivity contribution < 1.29 is 9.47 Å². The van der Waals surface area contributed by atoms with Gasteiger partial charge in [0.15, 0.2) is 0 Å². The third kappa shape index (κ3) is 2.08. The predicted molar refractivity (Wildman–Crippen MR) is 71.8 cm³/mol. The van der Waals surface area contributed by atoms with Gasteiger partial charge in [-0.25, -0.2) is 0 Å². The number of methoxy groups -OCH3 is 1. The quantitative estimate of drug-likeness (QED) is 0.811. The molecule has 2 fully saturated rings. The Labute approximate surface area is 109 Å². The van der Waals surface area contributed by atoms with Crippen LogP contribution in [-0.2, 0) is 15.1 Å². The average molecular weight is 246 g/mol. The number of benzene rings is 1. The summed E-state index contributed by atoms with van der Waals surface area (Å²) in [7, 11) is 1.78. The molecule has 98 valence electrons. The van der Waals surface area contributed by atoms with Gasteiger partial charge in [-0.3, -0.25) is 0 Å². The molecule has 0 amide bonds. The summed E-state index contributed by atoms with van der Waals surface area (Å²) in [6.07, 6.45) is 6.92. The van der Waals surface area contributed by atoms with Crippen LogP contribution in [0.4, 0.5) is 0 Å². The summed E-state index contributed by atoms with van der Waals surface area (Å²) in [6.45, 7) is 1.37. The second-order valence-corrected chi connectivity index (χ2v) is 5.65. The molecule has 1 aliphatic heterocycles. The van der Waals surface area contributed by atoms with Gasteiger partial charge in [-0.1, -0.05) is 43.5 Å². The first-order valence-electron chi connectivity index (χ1n) is 7.07. The highest BCUT2D eigenvalue weighted by atomic mass is 16.6. The van der Waals surface area contributed by atoms with Crippen molar-refractivity contribution in [2.24, 2.45) is 0 Å². The van der Waals surface area contributed by atoms with Crippen LogP contribution in [0.1, 0.15) is 49.1 Å². The van der Waals surface area contributed by atoms with E-state index in [4.69, 9.17) is 9.47 Å². The first-order chi connectivity index (χ1) is 8.84. The summed E-state index contributed by atoms with van der Waals surface area (Å²) >= 11 is 0. The Hall–Kier alpha value is -0.860. The highest BCUT2D eigenvalue weighted by molar-refractivity contribution is 5.31. The highest BCUT2D eigenvalue weighted by Gasteiger charge is 2.40. The molecule has 1 aromatic carbocycles. The van der Waals surface area contributed by atoms with Crippen LogP contribution in [0.3, 0.4) is 0 Å². The van der Waals surface area contributed by atoms with Gasteiger partial charge >= 0.3 is 0 Å². The summed E-state index contributed by atoms with van der Waals surface area (Å²) in [5.41, 5.74) is 2.59. The lowest BCUT2D eigenvalue weighted by molar-refractivity contribution is -0.202. The Kier molecular flexibility index (Phi) is 3.40. The zero-order chi connectivity index (χ0) is 12.4. The summed E-state index contributed by atoms with van der Waals surface area (Å²) in [4.78, 5) is 0. The van der Waals surface area contributed by atoms with E-state index < -0.39 is 0 Å². The minimum Gasteiger partial charge on any atom is -0.375 e. The van der Waals surface area contributed by atoms with Gasteiger partial charge in [0.2, 0.25) is 0 Å². The molecule has 3 rings (SSSR count). The molecule has 0 bridgehead atoms. The van der Waals surface area contributed by atoms with Crippen LogP contribution in [-0.4, -0.2) is 20.3 Å². The Morgan fingerprint density at radius 2 is 1.72 bits per heavy atom. The van der Waals surface area contributed by atoms with Crippen molar-refractivity contribution in [3.8, 4) is 0 Å². The molecule has 0 radical (unpaired) electrons. The Bertz CT molecular complexity index is 381. The van der Waals surface area contributed by atoms with Crippen molar-refractivity contribution in [3.05, 3.63) is 35.4 Å². The van der Waals surface area contributed by atoms with E-state index in [2.05, 4.69) is 24.3 Å². The van der Waals surface area contributed by atoms with Gasteiger partial charge in [0.05, 0.1) is 13.2 Å². The zero-order valence-corrected chi connectivity index (χ0v) is 11.2. The molecule has 2 aliphatic rings. The van der Waals surface area contributed by atoms with Crippen molar-refractivity contribution in [1.82, 2.24) is 0 Å². The molecule has 1 aromatic rings. The van der Waals surface area contributed by atoms with E-state index in [0.717, 1.165) is 5.92 Å². The third-order valence-electron chi connectivity index (χ3n) is 4.57. The second-order valence-electron chi connectivity index (χ2n) is 5.65. The molecule has 2 heteroatoms. The average Bonchev–Trinajstić information content (AvgIpc) is 2.40. The first kappa shape index (κ1) is 12.2. The van der Waals surface area contributed by atoms with Gasteiger partial charge in [-0.15, -0.1) is 0 Å². The number of hydrogen-bond acceptors (Lipinski definition) is 2. The number of rotatable bonds is 3. The summed E-state index contributed by atoms with van der Waals surface area (Å²) in [5.74, 6) is 0.781. The van der Waals surface area contributed by atoms with E-state index in [-0.39, 0.29) is 5.60 Å². The maximum Gasteiger partial charge on any atom is 0.139 e. The number of ether oxygens (including phenoxy) is 2. The lowest BCUT2D eigenvalue weighted by atomic mass is 9.82. The van der Waals surface area contributed by atoms with Gasteiger partial charge in [-0.05, 0) is 29.9 Å². The van der Waals surface area contributed by atoms with E-state index >= 15 is 0 Å². The Balaban J connectivity index is 1.76. The zero-order valence-electron chi connectivity index (χ0n) is 11.2. The van der Waals surface area contributed by atoms with Gasteiger partial charge in [0, 0.05) is 7.11 Å². The molecule has 0 aromatic heterocycles. The lowest BCUT2D eigenvalue weighted by Crippen LogP contribution is -2.48. The summed E-state index contributed by atoms with van der Waals surface area (Å²) < 4.78 is 10.9. The van der Waals surface area contributed by atoms with Crippen molar-refractivity contribution >= 4 is 0 Å². The molecule has 1 heterocycles. The third-order valence-corrected chi connectivity index (χ3v) is 4.57. The van der Waals surface area contributed by atoms with Crippen molar-refractivity contribution in [2.45, 2.75) is 43.6 Å². The smallest absolute Gasteiger partial charge is 0.139 e. The molecule has 1 saturated heterocycles. The topological polar surface area (TPSA) is 18.5 Å². The predicted octanol–water partition coefficient (Wildman–Crippen LogP) is 3.61. The Morgan fingerprint density at radius 1 is 1.06 bits per heavy atom. The van der Waals surface area contributed by atoms with Crippen molar-refractivity contribution in [2.75, 3.05) is 20.3 Å². The molecular formula is C16H22O2. The van der Waals surface area contributed by atoms with Crippen LogP contribution in [0.15, 0.2) is 24.3 Å². The second kappa shape index (κ2) is 5.02. The van der Waals surface area contributed by atoms with Gasteiger partial charge < -0.3 is 9.47 Å². The van der Waals surface area contributed by atoms with Crippen LogP contribution in [0.5, 0.6) is 0 Å².